The highest BCUT2D eigenvalue weighted by Gasteiger charge is 2.51. The summed E-state index contributed by atoms with van der Waals surface area (Å²) in [5.41, 5.74) is 1.00. The molecule has 1 N–H and O–H groups in total. The van der Waals surface area contributed by atoms with Crippen molar-refractivity contribution in [2.24, 2.45) is 11.3 Å². The number of carbonyl (C=O) groups is 2. The first kappa shape index (κ1) is 17.6. The molecule has 0 saturated heterocycles. The first-order chi connectivity index (χ1) is 12.6. The third-order valence-electron chi connectivity index (χ3n) is 6.78. The first-order valence-corrected chi connectivity index (χ1v) is 10.2. The van der Waals surface area contributed by atoms with Crippen LogP contribution in [0.15, 0.2) is 24.3 Å². The van der Waals surface area contributed by atoms with Crippen LogP contribution in [0.5, 0.6) is 5.75 Å². The fraction of sp³-hybridized carbons (Fsp3) is 0.636. The molecule has 1 heterocycles. The van der Waals surface area contributed by atoms with E-state index in [1.807, 2.05) is 24.3 Å². The minimum atomic E-state index is -0.727. The summed E-state index contributed by atoms with van der Waals surface area (Å²) in [6.45, 7) is 2.25. The van der Waals surface area contributed by atoms with Gasteiger partial charge in [0.1, 0.15) is 11.7 Å². The van der Waals surface area contributed by atoms with Crippen molar-refractivity contribution >= 4 is 11.9 Å². The monoisotopic (exact) mass is 355 g/mol. The van der Waals surface area contributed by atoms with E-state index in [4.69, 9.17) is 4.74 Å². The highest BCUT2D eigenvalue weighted by atomic mass is 16.5. The Morgan fingerprint density at radius 2 is 1.77 bits per heavy atom. The molecule has 0 radical (unpaired) electrons. The van der Waals surface area contributed by atoms with Crippen molar-refractivity contribution in [1.29, 1.82) is 0 Å². The van der Waals surface area contributed by atoms with Crippen molar-refractivity contribution < 1.29 is 14.3 Å². The minimum absolute atomic E-state index is 0.0237. The number of rotatable bonds is 3. The number of hydrogen-bond acceptors (Lipinski definition) is 3. The van der Waals surface area contributed by atoms with Crippen LogP contribution in [-0.4, -0.2) is 17.9 Å². The molecule has 2 fully saturated rings. The van der Waals surface area contributed by atoms with Crippen LogP contribution < -0.4 is 10.1 Å². The molecule has 2 unspecified atom stereocenters. The standard InChI is InChI=1S/C22H29NO3/c1-22(13-7-8-14-22)19-16-11-5-6-12-17(16)26-21(25)18(19)20(24)23-15-9-3-2-4-10-15/h5-6,11-12,15,18-19H,2-4,7-10,13-14H2,1H3,(H,23,24). The zero-order chi connectivity index (χ0) is 18.1. The Morgan fingerprint density at radius 3 is 2.50 bits per heavy atom. The zero-order valence-corrected chi connectivity index (χ0v) is 15.6. The van der Waals surface area contributed by atoms with Crippen LogP contribution in [0.4, 0.5) is 0 Å². The van der Waals surface area contributed by atoms with Crippen LogP contribution >= 0.6 is 0 Å². The number of nitrogens with one attached hydrogen (secondary N) is 1. The molecule has 1 aliphatic heterocycles. The van der Waals surface area contributed by atoms with Crippen molar-refractivity contribution in [3.05, 3.63) is 29.8 Å². The van der Waals surface area contributed by atoms with Gasteiger partial charge >= 0.3 is 5.97 Å². The number of fused-ring (bicyclic) bond motifs is 1. The number of carbonyl (C=O) groups excluding carboxylic acids is 2. The molecule has 0 bridgehead atoms. The van der Waals surface area contributed by atoms with Gasteiger partial charge in [0.15, 0.2) is 0 Å². The molecule has 4 nitrogen and oxygen atoms in total. The maximum atomic E-state index is 13.2. The number of hydrogen-bond donors (Lipinski definition) is 1. The van der Waals surface area contributed by atoms with Gasteiger partial charge in [0, 0.05) is 12.0 Å². The van der Waals surface area contributed by atoms with Gasteiger partial charge < -0.3 is 10.1 Å². The maximum absolute atomic E-state index is 13.2. The molecule has 1 aromatic rings. The van der Waals surface area contributed by atoms with Crippen molar-refractivity contribution in [3.63, 3.8) is 0 Å². The molecule has 1 aromatic carbocycles. The molecule has 0 aromatic heterocycles. The summed E-state index contributed by atoms with van der Waals surface area (Å²) in [5.74, 6) is -0.692. The SMILES string of the molecule is CC1(C2c3ccccc3OC(=O)C2C(=O)NC2CCCCC2)CCCC1. The third-order valence-corrected chi connectivity index (χ3v) is 6.78. The Bertz CT molecular complexity index is 686. The second-order valence-electron chi connectivity index (χ2n) is 8.62. The quantitative estimate of drug-likeness (QED) is 0.499. The van der Waals surface area contributed by atoms with Crippen LogP contribution in [0.3, 0.4) is 0 Å². The molecule has 1 amide bonds. The first-order valence-electron chi connectivity index (χ1n) is 10.2. The van der Waals surface area contributed by atoms with E-state index in [1.54, 1.807) is 0 Å². The smallest absolute Gasteiger partial charge is 0.324 e. The van der Waals surface area contributed by atoms with Crippen LogP contribution in [0.25, 0.3) is 0 Å². The average Bonchev–Trinajstić information content (AvgIpc) is 3.09. The van der Waals surface area contributed by atoms with Crippen molar-refractivity contribution in [2.75, 3.05) is 0 Å². The molecule has 0 spiro atoms. The summed E-state index contributed by atoms with van der Waals surface area (Å²) in [5, 5.41) is 3.18. The van der Waals surface area contributed by atoms with Gasteiger partial charge in [-0.3, -0.25) is 9.59 Å². The zero-order valence-electron chi connectivity index (χ0n) is 15.6. The summed E-state index contributed by atoms with van der Waals surface area (Å²) >= 11 is 0. The predicted molar refractivity (Wildman–Crippen MR) is 99.9 cm³/mol. The fourth-order valence-corrected chi connectivity index (χ4v) is 5.39. The number of amides is 1. The van der Waals surface area contributed by atoms with Gasteiger partial charge in [-0.1, -0.05) is 57.2 Å². The number of benzene rings is 1. The third kappa shape index (κ3) is 3.15. The lowest BCUT2D eigenvalue weighted by atomic mass is 9.65. The number of para-hydroxylation sites is 1. The number of ether oxygens (including phenoxy) is 1. The van der Waals surface area contributed by atoms with Crippen LogP contribution in [0, 0.1) is 11.3 Å². The van der Waals surface area contributed by atoms with Gasteiger partial charge in [0.05, 0.1) is 0 Å². The lowest BCUT2D eigenvalue weighted by molar-refractivity contribution is -0.149. The normalized spacial score (nSPS) is 28.3. The highest BCUT2D eigenvalue weighted by Crippen LogP contribution is 2.55. The molecular weight excluding hydrogens is 326 g/mol. The van der Waals surface area contributed by atoms with E-state index in [1.165, 1.54) is 19.3 Å². The summed E-state index contributed by atoms with van der Waals surface area (Å²) in [4.78, 5) is 26.1. The average molecular weight is 355 g/mol. The van der Waals surface area contributed by atoms with Crippen LogP contribution in [0.2, 0.25) is 0 Å². The van der Waals surface area contributed by atoms with Crippen LogP contribution in [-0.2, 0) is 9.59 Å². The Morgan fingerprint density at radius 1 is 1.08 bits per heavy atom. The van der Waals surface area contributed by atoms with Gasteiger partial charge in [-0.25, -0.2) is 0 Å². The number of esters is 1. The van der Waals surface area contributed by atoms with E-state index in [0.717, 1.165) is 44.1 Å². The molecule has 4 rings (SSSR count). The molecule has 26 heavy (non-hydrogen) atoms. The Balaban J connectivity index is 1.66. The second kappa shape index (κ2) is 7.05. The lowest BCUT2D eigenvalue weighted by Gasteiger charge is -2.41. The van der Waals surface area contributed by atoms with E-state index in [9.17, 15) is 9.59 Å². The van der Waals surface area contributed by atoms with Gasteiger partial charge in [0.2, 0.25) is 5.91 Å². The molecule has 3 aliphatic rings. The topological polar surface area (TPSA) is 55.4 Å². The molecule has 2 atom stereocenters. The Kier molecular flexibility index (Phi) is 4.76. The molecular formula is C22H29NO3. The second-order valence-corrected chi connectivity index (χ2v) is 8.62. The molecule has 140 valence electrons. The van der Waals surface area contributed by atoms with Crippen molar-refractivity contribution in [2.45, 2.75) is 76.7 Å². The summed E-state index contributed by atoms with van der Waals surface area (Å²) in [6, 6.07) is 7.98. The van der Waals surface area contributed by atoms with Crippen molar-refractivity contribution in [1.82, 2.24) is 5.32 Å². The van der Waals surface area contributed by atoms with Gasteiger partial charge in [0.25, 0.3) is 0 Å². The Hall–Kier alpha value is -1.84. The summed E-state index contributed by atoms with van der Waals surface area (Å²) < 4.78 is 5.59. The fourth-order valence-electron chi connectivity index (χ4n) is 5.39. The summed E-state index contributed by atoms with van der Waals surface area (Å²) in [7, 11) is 0. The van der Waals surface area contributed by atoms with E-state index in [-0.39, 0.29) is 29.3 Å². The lowest BCUT2D eigenvalue weighted by Crippen LogP contribution is -2.50. The largest absolute Gasteiger partial charge is 0.426 e. The van der Waals surface area contributed by atoms with E-state index in [0.29, 0.717) is 5.75 Å². The van der Waals surface area contributed by atoms with Gasteiger partial charge in [-0.15, -0.1) is 0 Å². The molecule has 4 heteroatoms. The van der Waals surface area contributed by atoms with Gasteiger partial charge in [-0.2, -0.15) is 0 Å². The van der Waals surface area contributed by atoms with E-state index < -0.39 is 5.92 Å². The van der Waals surface area contributed by atoms with Crippen molar-refractivity contribution in [3.8, 4) is 5.75 Å². The summed E-state index contributed by atoms with van der Waals surface area (Å²) in [6.07, 6.45) is 10.1. The van der Waals surface area contributed by atoms with E-state index in [2.05, 4.69) is 12.2 Å². The van der Waals surface area contributed by atoms with E-state index >= 15 is 0 Å². The minimum Gasteiger partial charge on any atom is -0.426 e. The maximum Gasteiger partial charge on any atom is 0.324 e. The highest BCUT2D eigenvalue weighted by molar-refractivity contribution is 6.01. The Labute approximate surface area is 155 Å². The molecule has 2 aliphatic carbocycles. The van der Waals surface area contributed by atoms with Gasteiger partial charge in [-0.05, 0) is 42.7 Å². The predicted octanol–water partition coefficient (Wildman–Crippen LogP) is 4.33. The van der Waals surface area contributed by atoms with Crippen LogP contribution in [0.1, 0.15) is 76.2 Å². The molecule has 2 saturated carbocycles.